The Hall–Kier alpha value is -2.89. The van der Waals surface area contributed by atoms with E-state index in [-0.39, 0.29) is 5.91 Å². The first-order valence-electron chi connectivity index (χ1n) is 10.3. The Morgan fingerprint density at radius 1 is 0.867 bits per heavy atom. The maximum Gasteiger partial charge on any atom is 0.286 e. The number of carbonyl (C=O) groups is 1. The van der Waals surface area contributed by atoms with Crippen molar-refractivity contribution in [3.05, 3.63) is 88.8 Å². The molecule has 2 aliphatic heterocycles. The molecule has 30 heavy (non-hydrogen) atoms. The maximum atomic E-state index is 12.6. The second-order valence-electron chi connectivity index (χ2n) is 7.63. The normalized spacial score (nSPS) is 18.9. The van der Waals surface area contributed by atoms with Crippen LogP contribution in [0.4, 0.5) is 0 Å². The minimum Gasteiger partial charge on any atom is -0.348 e. The van der Waals surface area contributed by atoms with Crippen LogP contribution in [0.25, 0.3) is 16.8 Å². The van der Waals surface area contributed by atoms with E-state index in [2.05, 4.69) is 69.4 Å². The van der Waals surface area contributed by atoms with E-state index in [0.717, 1.165) is 48.8 Å². The molecule has 0 radical (unpaired) electrons. The number of amides is 1. The van der Waals surface area contributed by atoms with Crippen molar-refractivity contribution < 1.29 is 4.79 Å². The van der Waals surface area contributed by atoms with Gasteiger partial charge in [-0.15, -0.1) is 0 Å². The summed E-state index contributed by atoms with van der Waals surface area (Å²) in [6.45, 7) is 4.72. The number of benzene rings is 3. The van der Waals surface area contributed by atoms with E-state index in [9.17, 15) is 4.79 Å². The van der Waals surface area contributed by atoms with E-state index in [1.54, 1.807) is 0 Å². The Labute approximate surface area is 180 Å². The molecule has 0 aliphatic carbocycles. The summed E-state index contributed by atoms with van der Waals surface area (Å²) in [5.74, 6) is -0.130. The zero-order chi connectivity index (χ0) is 20.3. The van der Waals surface area contributed by atoms with Crippen molar-refractivity contribution in [1.29, 1.82) is 0 Å². The van der Waals surface area contributed by atoms with Gasteiger partial charge in [0.05, 0.1) is 4.91 Å². The summed E-state index contributed by atoms with van der Waals surface area (Å²) in [4.78, 5) is 22.3. The molecule has 1 fully saturated rings. The predicted molar refractivity (Wildman–Crippen MR) is 125 cm³/mol. The van der Waals surface area contributed by atoms with Crippen LogP contribution in [0.5, 0.6) is 0 Å². The zero-order valence-electron chi connectivity index (χ0n) is 16.7. The molecule has 3 aromatic rings. The van der Waals surface area contributed by atoms with E-state index in [1.807, 2.05) is 24.3 Å². The third-order valence-electron chi connectivity index (χ3n) is 5.61. The summed E-state index contributed by atoms with van der Waals surface area (Å²) in [5, 5.41) is 3.17. The number of piperazine rings is 1. The molecular weight excluding hydrogens is 390 g/mol. The molecule has 0 aromatic heterocycles. The molecule has 150 valence electrons. The highest BCUT2D eigenvalue weighted by molar-refractivity contribution is 8.18. The lowest BCUT2D eigenvalue weighted by Gasteiger charge is -2.35. The molecule has 0 spiro atoms. The average Bonchev–Trinajstić information content (AvgIpc) is 3.15. The van der Waals surface area contributed by atoms with Crippen molar-refractivity contribution in [2.45, 2.75) is 6.54 Å². The topological polar surface area (TPSA) is 35.9 Å². The van der Waals surface area contributed by atoms with Crippen LogP contribution >= 0.6 is 11.8 Å². The Morgan fingerprint density at radius 2 is 1.60 bits per heavy atom. The second kappa shape index (κ2) is 8.46. The summed E-state index contributed by atoms with van der Waals surface area (Å²) in [5.41, 5.74) is 2.40. The number of thioether (sulfide) groups is 1. The van der Waals surface area contributed by atoms with Crippen molar-refractivity contribution >= 4 is 39.7 Å². The molecule has 0 atom stereocenters. The van der Waals surface area contributed by atoms with Gasteiger partial charge >= 0.3 is 0 Å². The Kier molecular flexibility index (Phi) is 5.39. The van der Waals surface area contributed by atoms with Crippen molar-refractivity contribution in [1.82, 2.24) is 9.80 Å². The van der Waals surface area contributed by atoms with Crippen LogP contribution in [0.1, 0.15) is 11.1 Å². The molecular formula is C25H23N3OS. The molecule has 5 heteroatoms. The third kappa shape index (κ3) is 4.04. The minimum absolute atomic E-state index is 0.130. The van der Waals surface area contributed by atoms with E-state index in [1.165, 1.54) is 22.7 Å². The van der Waals surface area contributed by atoms with Gasteiger partial charge in [0.25, 0.3) is 5.91 Å². The van der Waals surface area contributed by atoms with Gasteiger partial charge in [0.2, 0.25) is 0 Å². The summed E-state index contributed by atoms with van der Waals surface area (Å²) in [6, 6.07) is 25.0. The van der Waals surface area contributed by atoms with Gasteiger partial charge < -0.3 is 4.90 Å². The van der Waals surface area contributed by atoms with Gasteiger partial charge in [-0.3, -0.25) is 9.69 Å². The average molecular weight is 414 g/mol. The Bertz CT molecular complexity index is 1130. The first kappa shape index (κ1) is 19.1. The molecule has 0 bridgehead atoms. The van der Waals surface area contributed by atoms with Crippen LogP contribution in [0.15, 0.2) is 82.7 Å². The van der Waals surface area contributed by atoms with Crippen LogP contribution in [-0.4, -0.2) is 47.1 Å². The van der Waals surface area contributed by atoms with Crippen LogP contribution in [-0.2, 0) is 11.3 Å². The number of carbonyl (C=O) groups excluding carboxylic acids is 1. The fraction of sp³-hybridized carbons (Fsp3) is 0.200. The standard InChI is InChI=1S/C25H23N3OS/c29-24-23(17-21-11-6-10-20-9-4-5-12-22(20)21)30-25(26-24)28-15-13-27(14-16-28)18-19-7-2-1-3-8-19/h1-12,17H,13-16,18H2/b23-17+. The fourth-order valence-electron chi connectivity index (χ4n) is 3.99. The molecule has 3 aromatic carbocycles. The number of hydrogen-bond acceptors (Lipinski definition) is 4. The lowest BCUT2D eigenvalue weighted by molar-refractivity contribution is -0.113. The monoisotopic (exact) mass is 413 g/mol. The SMILES string of the molecule is O=C1N=C(N2CCN(Cc3ccccc3)CC2)S/C1=C/c1cccc2ccccc12. The van der Waals surface area contributed by atoms with Crippen molar-refractivity contribution in [2.24, 2.45) is 4.99 Å². The highest BCUT2D eigenvalue weighted by atomic mass is 32.2. The van der Waals surface area contributed by atoms with Gasteiger partial charge in [0.15, 0.2) is 5.17 Å². The van der Waals surface area contributed by atoms with E-state index in [0.29, 0.717) is 4.91 Å². The van der Waals surface area contributed by atoms with Gasteiger partial charge in [-0.2, -0.15) is 4.99 Å². The molecule has 0 N–H and O–H groups in total. The van der Waals surface area contributed by atoms with Crippen molar-refractivity contribution in [2.75, 3.05) is 26.2 Å². The zero-order valence-corrected chi connectivity index (χ0v) is 17.5. The lowest BCUT2D eigenvalue weighted by atomic mass is 10.0. The van der Waals surface area contributed by atoms with E-state index in [4.69, 9.17) is 0 Å². The number of amidine groups is 1. The second-order valence-corrected chi connectivity index (χ2v) is 8.64. The molecule has 1 amide bonds. The quantitative estimate of drug-likeness (QED) is 0.587. The summed E-state index contributed by atoms with van der Waals surface area (Å²) in [7, 11) is 0. The highest BCUT2D eigenvalue weighted by Crippen LogP contribution is 2.32. The number of nitrogens with zero attached hydrogens (tertiary/aromatic N) is 3. The predicted octanol–water partition coefficient (Wildman–Crippen LogP) is 4.63. The number of fused-ring (bicyclic) bond motifs is 1. The highest BCUT2D eigenvalue weighted by Gasteiger charge is 2.28. The largest absolute Gasteiger partial charge is 0.348 e. The van der Waals surface area contributed by atoms with Gasteiger partial charge in [-0.05, 0) is 39.7 Å². The van der Waals surface area contributed by atoms with Crippen LogP contribution < -0.4 is 0 Å². The first-order chi connectivity index (χ1) is 14.8. The van der Waals surface area contributed by atoms with Crippen LogP contribution in [0, 0.1) is 0 Å². The first-order valence-corrected chi connectivity index (χ1v) is 11.1. The molecule has 0 saturated carbocycles. The van der Waals surface area contributed by atoms with Gasteiger partial charge in [-0.1, -0.05) is 72.8 Å². The van der Waals surface area contributed by atoms with E-state index >= 15 is 0 Å². The van der Waals surface area contributed by atoms with Gasteiger partial charge in [-0.25, -0.2) is 0 Å². The third-order valence-corrected chi connectivity index (χ3v) is 6.66. The summed E-state index contributed by atoms with van der Waals surface area (Å²) >= 11 is 1.50. The van der Waals surface area contributed by atoms with Crippen molar-refractivity contribution in [3.63, 3.8) is 0 Å². The number of rotatable bonds is 3. The molecule has 1 saturated heterocycles. The summed E-state index contributed by atoms with van der Waals surface area (Å²) in [6.07, 6.45) is 1.98. The maximum absolute atomic E-state index is 12.6. The van der Waals surface area contributed by atoms with Gasteiger partial charge in [0, 0.05) is 32.7 Å². The molecule has 0 unspecified atom stereocenters. The molecule has 2 aliphatic rings. The van der Waals surface area contributed by atoms with Gasteiger partial charge in [0.1, 0.15) is 0 Å². The molecule has 4 nitrogen and oxygen atoms in total. The number of hydrogen-bond donors (Lipinski definition) is 0. The Balaban J connectivity index is 1.25. The van der Waals surface area contributed by atoms with Crippen LogP contribution in [0.2, 0.25) is 0 Å². The van der Waals surface area contributed by atoms with E-state index < -0.39 is 0 Å². The number of aliphatic imine (C=N–C) groups is 1. The summed E-state index contributed by atoms with van der Waals surface area (Å²) < 4.78 is 0. The Morgan fingerprint density at radius 3 is 2.43 bits per heavy atom. The van der Waals surface area contributed by atoms with Crippen molar-refractivity contribution in [3.8, 4) is 0 Å². The minimum atomic E-state index is -0.130. The lowest BCUT2D eigenvalue weighted by Crippen LogP contribution is -2.47. The van der Waals surface area contributed by atoms with Crippen LogP contribution in [0.3, 0.4) is 0 Å². The molecule has 5 rings (SSSR count). The molecule has 2 heterocycles. The smallest absolute Gasteiger partial charge is 0.286 e. The fourth-order valence-corrected chi connectivity index (χ4v) is 4.95.